The zero-order valence-corrected chi connectivity index (χ0v) is 20.4. The van der Waals surface area contributed by atoms with Crippen molar-refractivity contribution in [1.82, 2.24) is 14.7 Å². The number of aromatic nitrogens is 2. The number of rotatable bonds is 8. The first kappa shape index (κ1) is 23.3. The molecule has 0 spiro atoms. The number of hydrogen-bond donors (Lipinski definition) is 1. The van der Waals surface area contributed by atoms with Gasteiger partial charge < -0.3 is 15.0 Å². The number of benzene rings is 2. The van der Waals surface area contributed by atoms with Gasteiger partial charge in [0.15, 0.2) is 0 Å². The molecule has 7 heteroatoms. The second-order valence-electron chi connectivity index (χ2n) is 9.78. The Labute approximate surface area is 206 Å². The van der Waals surface area contributed by atoms with Gasteiger partial charge in [0.2, 0.25) is 0 Å². The SMILES string of the molecule is Cc1ccc(C(=O)Nc2cnn(-c3ccc(C(=O)N(CC4CC4)C[C@@H]4CCCO4)cc3)c2)c(C)c1. The number of nitrogens with one attached hydrogen (secondary N) is 1. The van der Waals surface area contributed by atoms with E-state index in [9.17, 15) is 9.59 Å². The fraction of sp³-hybridized carbons (Fsp3) is 0.393. The molecule has 2 fully saturated rings. The third-order valence-electron chi connectivity index (χ3n) is 6.76. The highest BCUT2D eigenvalue weighted by Crippen LogP contribution is 2.31. The minimum atomic E-state index is -0.162. The molecule has 0 unspecified atom stereocenters. The molecule has 2 amide bonds. The van der Waals surface area contributed by atoms with E-state index in [4.69, 9.17) is 4.74 Å². The summed E-state index contributed by atoms with van der Waals surface area (Å²) in [5.41, 5.74) is 4.80. The van der Waals surface area contributed by atoms with Gasteiger partial charge in [0.25, 0.3) is 11.8 Å². The van der Waals surface area contributed by atoms with Crippen molar-refractivity contribution in [2.75, 3.05) is 25.0 Å². The van der Waals surface area contributed by atoms with Crippen LogP contribution in [0, 0.1) is 19.8 Å². The molecule has 35 heavy (non-hydrogen) atoms. The smallest absolute Gasteiger partial charge is 0.256 e. The average Bonchev–Trinajstić information content (AvgIpc) is 3.29. The molecule has 2 heterocycles. The van der Waals surface area contributed by atoms with Crippen LogP contribution in [-0.2, 0) is 4.74 Å². The summed E-state index contributed by atoms with van der Waals surface area (Å²) in [7, 11) is 0. The van der Waals surface area contributed by atoms with Crippen molar-refractivity contribution >= 4 is 17.5 Å². The van der Waals surface area contributed by atoms with Gasteiger partial charge in [0.05, 0.1) is 29.9 Å². The van der Waals surface area contributed by atoms with Crippen LogP contribution in [0.3, 0.4) is 0 Å². The zero-order chi connectivity index (χ0) is 24.4. The lowest BCUT2D eigenvalue weighted by Gasteiger charge is -2.25. The molecule has 1 atom stereocenters. The summed E-state index contributed by atoms with van der Waals surface area (Å²) in [5.74, 6) is 0.520. The molecule has 7 nitrogen and oxygen atoms in total. The Bertz CT molecular complexity index is 1210. The number of anilines is 1. The molecule has 1 saturated carbocycles. The minimum Gasteiger partial charge on any atom is -0.376 e. The van der Waals surface area contributed by atoms with E-state index in [2.05, 4.69) is 10.4 Å². The predicted octanol–water partition coefficient (Wildman–Crippen LogP) is 4.77. The van der Waals surface area contributed by atoms with Gasteiger partial charge in [-0.1, -0.05) is 17.7 Å². The summed E-state index contributed by atoms with van der Waals surface area (Å²) in [6, 6.07) is 13.2. The fourth-order valence-corrected chi connectivity index (χ4v) is 4.62. The Kier molecular flexibility index (Phi) is 6.68. The minimum absolute atomic E-state index is 0.0563. The van der Waals surface area contributed by atoms with Crippen molar-refractivity contribution in [3.05, 3.63) is 77.1 Å². The highest BCUT2D eigenvalue weighted by Gasteiger charge is 2.30. The maximum atomic E-state index is 13.3. The normalized spacial score (nSPS) is 17.4. The Balaban J connectivity index is 1.25. The third kappa shape index (κ3) is 5.62. The summed E-state index contributed by atoms with van der Waals surface area (Å²) >= 11 is 0. The summed E-state index contributed by atoms with van der Waals surface area (Å²) in [6.45, 7) is 6.21. The van der Waals surface area contributed by atoms with Gasteiger partial charge in [-0.2, -0.15) is 5.10 Å². The lowest BCUT2D eigenvalue weighted by molar-refractivity contribution is 0.0515. The van der Waals surface area contributed by atoms with Crippen LogP contribution >= 0.6 is 0 Å². The number of carbonyl (C=O) groups is 2. The van der Waals surface area contributed by atoms with Gasteiger partial charge in [0, 0.05) is 30.8 Å². The van der Waals surface area contributed by atoms with Crippen molar-refractivity contribution in [2.24, 2.45) is 5.92 Å². The number of ether oxygens (including phenoxy) is 1. The van der Waals surface area contributed by atoms with Crippen molar-refractivity contribution in [2.45, 2.75) is 45.6 Å². The molecular weight excluding hydrogens is 440 g/mol. The Hall–Kier alpha value is -3.45. The molecule has 0 radical (unpaired) electrons. The highest BCUT2D eigenvalue weighted by molar-refractivity contribution is 6.05. The topological polar surface area (TPSA) is 76.5 Å². The molecule has 1 aromatic heterocycles. The molecule has 3 aromatic rings. The molecule has 2 aromatic carbocycles. The lowest BCUT2D eigenvalue weighted by atomic mass is 10.1. The van der Waals surface area contributed by atoms with E-state index in [-0.39, 0.29) is 17.9 Å². The van der Waals surface area contributed by atoms with E-state index in [1.807, 2.05) is 61.2 Å². The number of nitrogens with zero attached hydrogens (tertiary/aromatic N) is 3. The highest BCUT2D eigenvalue weighted by atomic mass is 16.5. The van der Waals surface area contributed by atoms with E-state index >= 15 is 0 Å². The van der Waals surface area contributed by atoms with Crippen LogP contribution in [0.2, 0.25) is 0 Å². The summed E-state index contributed by atoms with van der Waals surface area (Å²) in [6.07, 6.45) is 8.05. The first-order valence-electron chi connectivity index (χ1n) is 12.4. The zero-order valence-electron chi connectivity index (χ0n) is 20.4. The van der Waals surface area contributed by atoms with Crippen LogP contribution in [0.4, 0.5) is 5.69 Å². The van der Waals surface area contributed by atoms with Crippen LogP contribution in [0.15, 0.2) is 54.9 Å². The van der Waals surface area contributed by atoms with Crippen LogP contribution in [-0.4, -0.2) is 52.3 Å². The monoisotopic (exact) mass is 472 g/mol. The average molecular weight is 473 g/mol. The van der Waals surface area contributed by atoms with E-state index < -0.39 is 0 Å². The van der Waals surface area contributed by atoms with Crippen molar-refractivity contribution < 1.29 is 14.3 Å². The largest absolute Gasteiger partial charge is 0.376 e. The molecule has 1 aliphatic heterocycles. The van der Waals surface area contributed by atoms with E-state index in [1.54, 1.807) is 17.1 Å². The van der Waals surface area contributed by atoms with Crippen LogP contribution < -0.4 is 5.32 Å². The van der Waals surface area contributed by atoms with Gasteiger partial charge >= 0.3 is 0 Å². The van der Waals surface area contributed by atoms with E-state index in [0.29, 0.717) is 29.3 Å². The van der Waals surface area contributed by atoms with Crippen LogP contribution in [0.1, 0.15) is 57.5 Å². The first-order chi connectivity index (χ1) is 17.0. The van der Waals surface area contributed by atoms with Gasteiger partial charge in [-0.3, -0.25) is 9.59 Å². The van der Waals surface area contributed by atoms with Crippen LogP contribution in [0.25, 0.3) is 5.69 Å². The summed E-state index contributed by atoms with van der Waals surface area (Å²) in [5, 5.41) is 7.30. The quantitative estimate of drug-likeness (QED) is 0.512. The Morgan fingerprint density at radius 1 is 1.09 bits per heavy atom. The fourth-order valence-electron chi connectivity index (χ4n) is 4.62. The van der Waals surface area contributed by atoms with Crippen LogP contribution in [0.5, 0.6) is 0 Å². The van der Waals surface area contributed by atoms with E-state index in [1.165, 1.54) is 12.8 Å². The lowest BCUT2D eigenvalue weighted by Crippen LogP contribution is -2.38. The van der Waals surface area contributed by atoms with Gasteiger partial charge in [0.1, 0.15) is 0 Å². The van der Waals surface area contributed by atoms with Crippen molar-refractivity contribution in [3.8, 4) is 5.69 Å². The van der Waals surface area contributed by atoms with Crippen molar-refractivity contribution in [3.63, 3.8) is 0 Å². The number of amides is 2. The predicted molar refractivity (Wildman–Crippen MR) is 135 cm³/mol. The maximum absolute atomic E-state index is 13.3. The van der Waals surface area contributed by atoms with E-state index in [0.717, 1.165) is 42.8 Å². The van der Waals surface area contributed by atoms with Gasteiger partial charge in [-0.15, -0.1) is 0 Å². The third-order valence-corrected chi connectivity index (χ3v) is 6.76. The molecular formula is C28H32N4O3. The number of carbonyl (C=O) groups excluding carboxylic acids is 2. The standard InChI is InChI=1S/C28H32N4O3/c1-19-5-12-26(20(2)14-19)27(33)30-23-15-29-32(17-23)24-10-8-22(9-11-24)28(34)31(16-21-6-7-21)18-25-4-3-13-35-25/h5,8-12,14-15,17,21,25H,3-4,6-7,13,16,18H2,1-2H3,(H,30,33)/t25-/m0/s1. The maximum Gasteiger partial charge on any atom is 0.256 e. The summed E-state index contributed by atoms with van der Waals surface area (Å²) < 4.78 is 7.48. The van der Waals surface area contributed by atoms with Gasteiger partial charge in [-0.25, -0.2) is 4.68 Å². The Morgan fingerprint density at radius 2 is 1.89 bits per heavy atom. The second kappa shape index (κ2) is 10.0. The molecule has 0 bridgehead atoms. The van der Waals surface area contributed by atoms with Gasteiger partial charge in [-0.05, 0) is 81.3 Å². The first-order valence-corrected chi connectivity index (χ1v) is 12.4. The second-order valence-corrected chi connectivity index (χ2v) is 9.78. The number of aryl methyl sites for hydroxylation is 2. The molecule has 5 rings (SSSR count). The molecule has 1 N–H and O–H groups in total. The summed E-state index contributed by atoms with van der Waals surface area (Å²) in [4.78, 5) is 27.9. The number of hydrogen-bond acceptors (Lipinski definition) is 4. The van der Waals surface area contributed by atoms with Crippen molar-refractivity contribution in [1.29, 1.82) is 0 Å². The molecule has 1 aliphatic carbocycles. The molecule has 1 saturated heterocycles. The Morgan fingerprint density at radius 3 is 2.57 bits per heavy atom. The molecule has 182 valence electrons. The molecule has 2 aliphatic rings.